The zero-order chi connectivity index (χ0) is 19.4. The molecule has 0 saturated heterocycles. The van der Waals surface area contributed by atoms with Crippen LogP contribution in [0.2, 0.25) is 0 Å². The Hall–Kier alpha value is -2.18. The molecule has 1 aromatic heterocycles. The minimum Gasteiger partial charge on any atom is -0.353 e. The van der Waals surface area contributed by atoms with Crippen LogP contribution in [0.4, 0.5) is 0 Å². The number of likely N-dealkylation sites (N-methyl/N-ethyl adjacent to an activating group) is 1. The van der Waals surface area contributed by atoms with Crippen LogP contribution in [0.15, 0.2) is 36.7 Å². The number of fused-ring (bicyclic) bond motifs is 2. The summed E-state index contributed by atoms with van der Waals surface area (Å²) < 4.78 is 0. The molecule has 6 heteroatoms. The first-order valence-corrected chi connectivity index (χ1v) is 10.5. The number of nitrogens with one attached hydrogen (secondary N) is 3. The molecule has 0 bridgehead atoms. The predicted octanol–water partition coefficient (Wildman–Crippen LogP) is 2.33. The molecule has 6 nitrogen and oxygen atoms in total. The quantitative estimate of drug-likeness (QED) is 0.688. The number of carbonyl (C=O) groups excluding carboxylic acids is 1. The number of H-pyrrole nitrogens is 1. The summed E-state index contributed by atoms with van der Waals surface area (Å²) in [6, 6.07) is 10.3. The van der Waals surface area contributed by atoms with E-state index in [0.29, 0.717) is 13.0 Å². The van der Waals surface area contributed by atoms with Gasteiger partial charge in [-0.3, -0.25) is 15.0 Å². The third-order valence-corrected chi connectivity index (χ3v) is 6.23. The number of aromatic nitrogens is 2. The molecule has 4 rings (SSSR count). The normalized spacial score (nSPS) is 20.4. The maximum absolute atomic E-state index is 12.9. The molecule has 1 spiro atoms. The first-order chi connectivity index (χ1) is 13.7. The van der Waals surface area contributed by atoms with Crippen molar-refractivity contribution < 1.29 is 4.79 Å². The summed E-state index contributed by atoms with van der Waals surface area (Å²) in [6.45, 7) is 5.56. The molecule has 1 aliphatic heterocycles. The molecular weight excluding hydrogens is 350 g/mol. The topological polar surface area (TPSA) is 73.0 Å². The lowest BCUT2D eigenvalue weighted by Crippen LogP contribution is -2.57. The van der Waals surface area contributed by atoms with E-state index in [2.05, 4.69) is 56.7 Å². The second-order valence-corrected chi connectivity index (χ2v) is 8.07. The first-order valence-electron chi connectivity index (χ1n) is 10.5. The minimum atomic E-state index is -0.185. The number of imidazole rings is 1. The van der Waals surface area contributed by atoms with Crippen LogP contribution in [0, 0.1) is 0 Å². The average Bonchev–Trinajstić information content (AvgIpc) is 3.38. The molecule has 1 amide bonds. The fourth-order valence-corrected chi connectivity index (χ4v) is 4.71. The summed E-state index contributed by atoms with van der Waals surface area (Å²) >= 11 is 0. The van der Waals surface area contributed by atoms with E-state index in [-0.39, 0.29) is 17.5 Å². The van der Waals surface area contributed by atoms with Gasteiger partial charge in [0, 0.05) is 31.7 Å². The van der Waals surface area contributed by atoms with Crippen LogP contribution in [-0.2, 0) is 23.3 Å². The number of hydrogen-bond donors (Lipinski definition) is 3. The van der Waals surface area contributed by atoms with Crippen molar-refractivity contribution in [3.63, 3.8) is 0 Å². The van der Waals surface area contributed by atoms with Crippen molar-refractivity contribution in [1.29, 1.82) is 0 Å². The van der Waals surface area contributed by atoms with E-state index in [1.807, 2.05) is 6.07 Å². The Morgan fingerprint density at radius 2 is 2.07 bits per heavy atom. The van der Waals surface area contributed by atoms with Crippen molar-refractivity contribution in [3.05, 3.63) is 53.6 Å². The Morgan fingerprint density at radius 3 is 2.82 bits per heavy atom. The molecule has 2 aliphatic rings. The largest absolute Gasteiger partial charge is 0.353 e. The average molecular weight is 382 g/mol. The highest BCUT2D eigenvalue weighted by atomic mass is 16.2. The van der Waals surface area contributed by atoms with Crippen molar-refractivity contribution >= 4 is 5.91 Å². The predicted molar refractivity (Wildman–Crippen MR) is 110 cm³/mol. The molecular formula is C22H31N5O. The zero-order valence-electron chi connectivity index (χ0n) is 16.7. The van der Waals surface area contributed by atoms with E-state index >= 15 is 0 Å². The van der Waals surface area contributed by atoms with Crippen molar-refractivity contribution in [2.75, 3.05) is 19.6 Å². The van der Waals surface area contributed by atoms with E-state index in [9.17, 15) is 4.79 Å². The van der Waals surface area contributed by atoms with Gasteiger partial charge in [-0.2, -0.15) is 0 Å². The highest BCUT2D eigenvalue weighted by molar-refractivity contribution is 5.82. The van der Waals surface area contributed by atoms with Crippen molar-refractivity contribution in [2.24, 2.45) is 0 Å². The SMILES string of the molecule is CCN(CCNC(=O)[C@@H]1Cc2[nH]cnc2C2(CCCC2)N1)Cc1ccccc1. The molecule has 2 heterocycles. The second kappa shape index (κ2) is 8.45. The van der Waals surface area contributed by atoms with Gasteiger partial charge in [0.25, 0.3) is 0 Å². The van der Waals surface area contributed by atoms with Gasteiger partial charge in [0.2, 0.25) is 5.91 Å². The minimum absolute atomic E-state index is 0.0993. The lowest BCUT2D eigenvalue weighted by Gasteiger charge is -2.38. The number of hydrogen-bond acceptors (Lipinski definition) is 4. The number of nitrogens with zero attached hydrogens (tertiary/aromatic N) is 2. The molecule has 3 N–H and O–H groups in total. The lowest BCUT2D eigenvalue weighted by atomic mass is 9.85. The van der Waals surface area contributed by atoms with Crippen LogP contribution >= 0.6 is 0 Å². The van der Waals surface area contributed by atoms with Crippen LogP contribution in [0.5, 0.6) is 0 Å². The van der Waals surface area contributed by atoms with E-state index in [0.717, 1.165) is 43.9 Å². The number of rotatable bonds is 7. The zero-order valence-corrected chi connectivity index (χ0v) is 16.7. The molecule has 1 aromatic carbocycles. The number of aromatic amines is 1. The summed E-state index contributed by atoms with van der Waals surface area (Å²) in [4.78, 5) is 23.1. The molecule has 1 saturated carbocycles. The number of benzene rings is 1. The van der Waals surface area contributed by atoms with Crippen LogP contribution < -0.4 is 10.6 Å². The molecule has 0 unspecified atom stereocenters. The van der Waals surface area contributed by atoms with Gasteiger partial charge in [-0.05, 0) is 24.9 Å². The summed E-state index contributed by atoms with van der Waals surface area (Å²) in [7, 11) is 0. The fraction of sp³-hybridized carbons (Fsp3) is 0.545. The monoisotopic (exact) mass is 381 g/mol. The molecule has 2 aromatic rings. The van der Waals surface area contributed by atoms with E-state index < -0.39 is 0 Å². The molecule has 1 atom stereocenters. The van der Waals surface area contributed by atoms with Gasteiger partial charge < -0.3 is 10.3 Å². The first kappa shape index (κ1) is 19.2. The van der Waals surface area contributed by atoms with Gasteiger partial charge >= 0.3 is 0 Å². The molecule has 0 radical (unpaired) electrons. The van der Waals surface area contributed by atoms with Crippen molar-refractivity contribution in [2.45, 2.75) is 57.2 Å². The third kappa shape index (κ3) is 3.98. The summed E-state index contributed by atoms with van der Waals surface area (Å²) in [5, 5.41) is 6.81. The highest BCUT2D eigenvalue weighted by Crippen LogP contribution is 2.41. The summed E-state index contributed by atoms with van der Waals surface area (Å²) in [5.41, 5.74) is 3.45. The Labute approximate surface area is 167 Å². The summed E-state index contributed by atoms with van der Waals surface area (Å²) in [5.74, 6) is 0.0993. The summed E-state index contributed by atoms with van der Waals surface area (Å²) in [6.07, 6.45) is 6.97. The Morgan fingerprint density at radius 1 is 1.29 bits per heavy atom. The number of amides is 1. The molecule has 28 heavy (non-hydrogen) atoms. The van der Waals surface area contributed by atoms with E-state index in [1.54, 1.807) is 6.33 Å². The Bertz CT molecular complexity index is 781. The molecule has 150 valence electrons. The smallest absolute Gasteiger partial charge is 0.237 e. The number of carbonyl (C=O) groups is 1. The highest BCUT2D eigenvalue weighted by Gasteiger charge is 2.45. The van der Waals surface area contributed by atoms with Crippen LogP contribution in [0.3, 0.4) is 0 Å². The van der Waals surface area contributed by atoms with Gasteiger partial charge in [0.15, 0.2) is 0 Å². The Kier molecular flexibility index (Phi) is 5.78. The van der Waals surface area contributed by atoms with E-state index in [4.69, 9.17) is 0 Å². The van der Waals surface area contributed by atoms with Gasteiger partial charge in [0.1, 0.15) is 0 Å². The fourth-order valence-electron chi connectivity index (χ4n) is 4.71. The van der Waals surface area contributed by atoms with Gasteiger partial charge in [-0.25, -0.2) is 4.98 Å². The molecule has 1 fully saturated rings. The van der Waals surface area contributed by atoms with Crippen LogP contribution in [0.25, 0.3) is 0 Å². The maximum atomic E-state index is 12.9. The van der Waals surface area contributed by atoms with Crippen molar-refractivity contribution in [3.8, 4) is 0 Å². The standard InChI is InChI=1S/C22H31N5O/c1-2-27(15-17-8-4-3-5-9-17)13-12-23-21(28)19-14-18-20(25-16-24-18)22(26-19)10-6-7-11-22/h3-5,8-9,16,19,26H,2,6-7,10-15H2,1H3,(H,23,28)(H,24,25)/t19-/m0/s1. The van der Waals surface area contributed by atoms with E-state index in [1.165, 1.54) is 18.4 Å². The third-order valence-electron chi connectivity index (χ3n) is 6.23. The van der Waals surface area contributed by atoms with Crippen LogP contribution in [-0.4, -0.2) is 46.5 Å². The second-order valence-electron chi connectivity index (χ2n) is 8.07. The van der Waals surface area contributed by atoms with Crippen molar-refractivity contribution in [1.82, 2.24) is 25.5 Å². The van der Waals surface area contributed by atoms with Gasteiger partial charge in [-0.1, -0.05) is 50.1 Å². The van der Waals surface area contributed by atoms with Gasteiger partial charge in [0.05, 0.1) is 23.6 Å². The maximum Gasteiger partial charge on any atom is 0.237 e. The van der Waals surface area contributed by atoms with Crippen LogP contribution in [0.1, 0.15) is 49.6 Å². The van der Waals surface area contributed by atoms with Gasteiger partial charge in [-0.15, -0.1) is 0 Å². The molecule has 1 aliphatic carbocycles. The lowest BCUT2D eigenvalue weighted by molar-refractivity contribution is -0.124. The Balaban J connectivity index is 1.31.